The van der Waals surface area contributed by atoms with Gasteiger partial charge in [-0.25, -0.2) is 9.86 Å². The molecule has 1 N–H and O–H groups in total. The predicted octanol–water partition coefficient (Wildman–Crippen LogP) is 0.0135. The van der Waals surface area contributed by atoms with Crippen LogP contribution in [0.15, 0.2) is 0 Å². The molecule has 0 spiro atoms. The lowest BCUT2D eigenvalue weighted by Gasteiger charge is -2.28. The van der Waals surface area contributed by atoms with Crippen molar-refractivity contribution in [1.82, 2.24) is 5.06 Å². The van der Waals surface area contributed by atoms with Gasteiger partial charge in [0.05, 0.1) is 6.61 Å². The SMILES string of the molecule is C[C@H](C(=O)O)N1OCCCC1=O. The lowest BCUT2D eigenvalue weighted by atomic mass is 10.2. The first-order chi connectivity index (χ1) is 5.63. The molecule has 1 rings (SSSR count). The van der Waals surface area contributed by atoms with Crippen LogP contribution in [-0.4, -0.2) is 34.7 Å². The monoisotopic (exact) mass is 173 g/mol. The van der Waals surface area contributed by atoms with Crippen LogP contribution in [-0.2, 0) is 14.4 Å². The van der Waals surface area contributed by atoms with Gasteiger partial charge in [0.25, 0.3) is 0 Å². The molecule has 5 heteroatoms. The second kappa shape index (κ2) is 3.53. The fourth-order valence-electron chi connectivity index (χ4n) is 0.997. The van der Waals surface area contributed by atoms with Crippen LogP contribution in [0, 0.1) is 0 Å². The molecule has 0 radical (unpaired) electrons. The van der Waals surface area contributed by atoms with Crippen molar-refractivity contribution in [2.24, 2.45) is 0 Å². The largest absolute Gasteiger partial charge is 0.480 e. The third kappa shape index (κ3) is 1.73. The second-order valence-electron chi connectivity index (χ2n) is 2.67. The quantitative estimate of drug-likeness (QED) is 0.639. The third-order valence-electron chi connectivity index (χ3n) is 1.72. The number of carboxylic acid groups (broad SMARTS) is 1. The zero-order valence-electron chi connectivity index (χ0n) is 6.82. The molecule has 1 atom stereocenters. The van der Waals surface area contributed by atoms with E-state index in [1.165, 1.54) is 6.92 Å². The van der Waals surface area contributed by atoms with Crippen molar-refractivity contribution in [3.8, 4) is 0 Å². The zero-order valence-corrected chi connectivity index (χ0v) is 6.82. The van der Waals surface area contributed by atoms with E-state index < -0.39 is 12.0 Å². The molecular formula is C7H11NO4. The maximum atomic E-state index is 11.1. The van der Waals surface area contributed by atoms with Crippen molar-refractivity contribution in [3.63, 3.8) is 0 Å². The number of aliphatic carboxylic acids is 1. The Morgan fingerprint density at radius 3 is 2.92 bits per heavy atom. The number of hydrogen-bond donors (Lipinski definition) is 1. The molecule has 0 aromatic carbocycles. The lowest BCUT2D eigenvalue weighted by molar-refractivity contribution is -0.214. The van der Waals surface area contributed by atoms with Crippen LogP contribution in [0.2, 0.25) is 0 Å². The first kappa shape index (κ1) is 8.99. The summed E-state index contributed by atoms with van der Waals surface area (Å²) in [6, 6.07) is -0.891. The molecule has 0 aliphatic carbocycles. The maximum absolute atomic E-state index is 11.1. The standard InChI is InChI=1S/C7H11NO4/c1-5(7(10)11)8-6(9)3-2-4-12-8/h5H,2-4H2,1H3,(H,10,11)/t5-/m1/s1. The third-order valence-corrected chi connectivity index (χ3v) is 1.72. The van der Waals surface area contributed by atoms with Gasteiger partial charge in [0.1, 0.15) is 0 Å². The van der Waals surface area contributed by atoms with Gasteiger partial charge in [0, 0.05) is 6.42 Å². The Bertz CT molecular complexity index is 204. The van der Waals surface area contributed by atoms with E-state index in [1.54, 1.807) is 0 Å². The maximum Gasteiger partial charge on any atom is 0.328 e. The minimum absolute atomic E-state index is 0.254. The van der Waals surface area contributed by atoms with Crippen LogP contribution in [0.1, 0.15) is 19.8 Å². The van der Waals surface area contributed by atoms with E-state index in [0.29, 0.717) is 19.4 Å². The normalized spacial score (nSPS) is 20.8. The Morgan fingerprint density at radius 1 is 1.75 bits per heavy atom. The Labute approximate surface area is 69.9 Å². The highest BCUT2D eigenvalue weighted by Gasteiger charge is 2.28. The summed E-state index contributed by atoms with van der Waals surface area (Å²) in [7, 11) is 0. The van der Waals surface area contributed by atoms with Gasteiger partial charge in [-0.05, 0) is 13.3 Å². The van der Waals surface area contributed by atoms with Gasteiger partial charge in [-0.2, -0.15) is 0 Å². The highest BCUT2D eigenvalue weighted by Crippen LogP contribution is 2.11. The summed E-state index contributed by atoms with van der Waals surface area (Å²) in [5.41, 5.74) is 0. The molecular weight excluding hydrogens is 162 g/mol. The molecule has 68 valence electrons. The van der Waals surface area contributed by atoms with Gasteiger partial charge in [-0.3, -0.25) is 9.63 Å². The van der Waals surface area contributed by atoms with E-state index in [1.807, 2.05) is 0 Å². The zero-order chi connectivity index (χ0) is 9.14. The summed E-state index contributed by atoms with van der Waals surface area (Å²) < 4.78 is 0. The van der Waals surface area contributed by atoms with Crippen LogP contribution in [0.4, 0.5) is 0 Å². The van der Waals surface area contributed by atoms with Crippen molar-refractivity contribution >= 4 is 11.9 Å². The van der Waals surface area contributed by atoms with Crippen LogP contribution in [0.25, 0.3) is 0 Å². The summed E-state index contributed by atoms with van der Waals surface area (Å²) in [5.74, 6) is -1.30. The second-order valence-corrected chi connectivity index (χ2v) is 2.67. The molecule has 0 unspecified atom stereocenters. The molecule has 0 aromatic heterocycles. The molecule has 1 saturated heterocycles. The van der Waals surface area contributed by atoms with E-state index in [9.17, 15) is 9.59 Å². The van der Waals surface area contributed by atoms with Crippen LogP contribution in [0.3, 0.4) is 0 Å². The number of amides is 1. The Morgan fingerprint density at radius 2 is 2.42 bits per heavy atom. The number of carboxylic acids is 1. The smallest absolute Gasteiger partial charge is 0.328 e. The van der Waals surface area contributed by atoms with Gasteiger partial charge < -0.3 is 5.11 Å². The van der Waals surface area contributed by atoms with Crippen molar-refractivity contribution < 1.29 is 19.5 Å². The molecule has 0 aromatic rings. The van der Waals surface area contributed by atoms with E-state index in [0.717, 1.165) is 5.06 Å². The fraction of sp³-hybridized carbons (Fsp3) is 0.714. The van der Waals surface area contributed by atoms with E-state index in [4.69, 9.17) is 9.94 Å². The molecule has 1 fully saturated rings. The molecule has 1 aliphatic rings. The minimum Gasteiger partial charge on any atom is -0.480 e. The van der Waals surface area contributed by atoms with Gasteiger partial charge >= 0.3 is 5.97 Å². The Balaban J connectivity index is 2.59. The number of hydrogen-bond acceptors (Lipinski definition) is 3. The Kier molecular flexibility index (Phi) is 2.65. The average Bonchev–Trinajstić information content (AvgIpc) is 2.04. The first-order valence-electron chi connectivity index (χ1n) is 3.80. The first-order valence-corrected chi connectivity index (χ1v) is 3.80. The van der Waals surface area contributed by atoms with Crippen LogP contribution >= 0.6 is 0 Å². The number of hydroxylamine groups is 2. The van der Waals surface area contributed by atoms with Gasteiger partial charge in [0.15, 0.2) is 6.04 Å². The fourth-order valence-corrected chi connectivity index (χ4v) is 0.997. The van der Waals surface area contributed by atoms with E-state index in [-0.39, 0.29) is 5.91 Å². The van der Waals surface area contributed by atoms with Gasteiger partial charge in [0.2, 0.25) is 5.91 Å². The summed E-state index contributed by atoms with van der Waals surface area (Å²) in [4.78, 5) is 26.5. The number of nitrogens with zero attached hydrogens (tertiary/aromatic N) is 1. The molecule has 1 aliphatic heterocycles. The average molecular weight is 173 g/mol. The van der Waals surface area contributed by atoms with Crippen LogP contribution in [0.5, 0.6) is 0 Å². The van der Waals surface area contributed by atoms with Crippen molar-refractivity contribution in [1.29, 1.82) is 0 Å². The van der Waals surface area contributed by atoms with Gasteiger partial charge in [-0.1, -0.05) is 0 Å². The lowest BCUT2D eigenvalue weighted by Crippen LogP contribution is -2.45. The Hall–Kier alpha value is -1.10. The summed E-state index contributed by atoms with van der Waals surface area (Å²) in [6.07, 6.45) is 1.04. The van der Waals surface area contributed by atoms with Gasteiger partial charge in [-0.15, -0.1) is 0 Å². The molecule has 5 nitrogen and oxygen atoms in total. The topological polar surface area (TPSA) is 66.8 Å². The van der Waals surface area contributed by atoms with E-state index >= 15 is 0 Å². The predicted molar refractivity (Wildman–Crippen MR) is 39.1 cm³/mol. The van der Waals surface area contributed by atoms with Crippen LogP contribution < -0.4 is 0 Å². The molecule has 0 saturated carbocycles. The molecule has 1 amide bonds. The number of carbonyl (C=O) groups excluding carboxylic acids is 1. The highest BCUT2D eigenvalue weighted by molar-refractivity contribution is 5.82. The van der Waals surface area contributed by atoms with Crippen molar-refractivity contribution in [2.75, 3.05) is 6.61 Å². The number of carbonyl (C=O) groups is 2. The minimum atomic E-state index is -1.05. The van der Waals surface area contributed by atoms with Crippen molar-refractivity contribution in [2.45, 2.75) is 25.8 Å². The van der Waals surface area contributed by atoms with Crippen molar-refractivity contribution in [3.05, 3.63) is 0 Å². The molecule has 1 heterocycles. The highest BCUT2D eigenvalue weighted by atomic mass is 16.7. The number of rotatable bonds is 2. The summed E-state index contributed by atoms with van der Waals surface area (Å²) in [6.45, 7) is 1.84. The molecule has 0 bridgehead atoms. The summed E-state index contributed by atoms with van der Waals surface area (Å²) >= 11 is 0. The molecule has 12 heavy (non-hydrogen) atoms. The summed E-state index contributed by atoms with van der Waals surface area (Å²) in [5, 5.41) is 9.51. The van der Waals surface area contributed by atoms with E-state index in [2.05, 4.69) is 0 Å².